The largest absolute Gasteiger partial charge is 0.508 e. The number of aryl methyl sites for hydroxylation is 1. The standard InChI is InChI=1S/C18H25N3O2S.HI/c1-4-15-7-8-16(24-15)12-21-18(19-5-2)20-11-13-10-14(23-3)6-9-17(13)22;/h6-10,22H,4-5,11-12H2,1-3H3,(H2,19,20,21);1H. The molecule has 5 nitrogen and oxygen atoms in total. The summed E-state index contributed by atoms with van der Waals surface area (Å²) in [5, 5.41) is 16.5. The number of methoxy groups -OCH3 is 1. The Morgan fingerprint density at radius 3 is 2.56 bits per heavy atom. The summed E-state index contributed by atoms with van der Waals surface area (Å²) in [6, 6.07) is 9.47. The topological polar surface area (TPSA) is 65.9 Å². The number of phenolic OH excluding ortho intramolecular Hbond substituents is 1. The number of aliphatic imine (C=N–C) groups is 1. The van der Waals surface area contributed by atoms with Crippen molar-refractivity contribution in [3.05, 3.63) is 45.6 Å². The van der Waals surface area contributed by atoms with Crippen molar-refractivity contribution in [2.24, 2.45) is 4.99 Å². The lowest BCUT2D eigenvalue weighted by Crippen LogP contribution is -2.36. The highest BCUT2D eigenvalue weighted by Gasteiger charge is 2.05. The highest BCUT2D eigenvalue weighted by molar-refractivity contribution is 14.0. The van der Waals surface area contributed by atoms with E-state index in [1.807, 2.05) is 18.3 Å². The number of hydrogen-bond acceptors (Lipinski definition) is 4. The molecule has 25 heavy (non-hydrogen) atoms. The third-order valence-electron chi connectivity index (χ3n) is 3.53. The van der Waals surface area contributed by atoms with E-state index in [4.69, 9.17) is 4.74 Å². The smallest absolute Gasteiger partial charge is 0.191 e. The molecule has 0 bridgehead atoms. The van der Waals surface area contributed by atoms with Crippen LogP contribution in [0.3, 0.4) is 0 Å². The summed E-state index contributed by atoms with van der Waals surface area (Å²) in [5.74, 6) is 1.66. The molecule has 0 spiro atoms. The van der Waals surface area contributed by atoms with Gasteiger partial charge >= 0.3 is 0 Å². The molecule has 3 N–H and O–H groups in total. The fraction of sp³-hybridized carbons (Fsp3) is 0.389. The summed E-state index contributed by atoms with van der Waals surface area (Å²) in [6.07, 6.45) is 1.06. The van der Waals surface area contributed by atoms with E-state index in [1.165, 1.54) is 9.75 Å². The molecule has 0 saturated heterocycles. The van der Waals surface area contributed by atoms with E-state index in [2.05, 4.69) is 34.7 Å². The number of thiophene rings is 1. The summed E-state index contributed by atoms with van der Waals surface area (Å²) in [4.78, 5) is 7.21. The maximum atomic E-state index is 9.95. The number of halogens is 1. The van der Waals surface area contributed by atoms with Gasteiger partial charge in [0.05, 0.1) is 20.2 Å². The van der Waals surface area contributed by atoms with Crippen LogP contribution >= 0.6 is 35.3 Å². The average molecular weight is 475 g/mol. The second kappa shape index (κ2) is 11.2. The summed E-state index contributed by atoms with van der Waals surface area (Å²) < 4.78 is 5.19. The Bertz CT molecular complexity index is 689. The molecule has 0 aliphatic carbocycles. The maximum absolute atomic E-state index is 9.95. The number of nitrogens with one attached hydrogen (secondary N) is 2. The van der Waals surface area contributed by atoms with Crippen LogP contribution in [0.4, 0.5) is 0 Å². The number of benzene rings is 1. The SMILES string of the molecule is CCNC(=NCc1cc(OC)ccc1O)NCc1ccc(CC)s1.I. The fourth-order valence-corrected chi connectivity index (χ4v) is 3.10. The van der Waals surface area contributed by atoms with Gasteiger partial charge in [0.2, 0.25) is 0 Å². The van der Waals surface area contributed by atoms with E-state index in [-0.39, 0.29) is 29.7 Å². The Kier molecular flexibility index (Phi) is 9.66. The molecule has 0 atom stereocenters. The van der Waals surface area contributed by atoms with Gasteiger partial charge in [-0.2, -0.15) is 0 Å². The van der Waals surface area contributed by atoms with Gasteiger partial charge in [-0.3, -0.25) is 0 Å². The van der Waals surface area contributed by atoms with Gasteiger partial charge in [-0.25, -0.2) is 4.99 Å². The van der Waals surface area contributed by atoms with Crippen LogP contribution in [-0.2, 0) is 19.5 Å². The van der Waals surface area contributed by atoms with Gasteiger partial charge in [-0.15, -0.1) is 35.3 Å². The lowest BCUT2D eigenvalue weighted by Gasteiger charge is -2.11. The molecule has 0 aliphatic heterocycles. The van der Waals surface area contributed by atoms with Crippen molar-refractivity contribution in [3.8, 4) is 11.5 Å². The van der Waals surface area contributed by atoms with Gasteiger partial charge in [0.25, 0.3) is 0 Å². The monoisotopic (exact) mass is 475 g/mol. The molecule has 1 aromatic heterocycles. The summed E-state index contributed by atoms with van der Waals surface area (Å²) in [6.45, 7) is 6.08. The van der Waals surface area contributed by atoms with Crippen molar-refractivity contribution < 1.29 is 9.84 Å². The van der Waals surface area contributed by atoms with Crippen LogP contribution in [0, 0.1) is 0 Å². The zero-order valence-corrected chi connectivity index (χ0v) is 18.0. The van der Waals surface area contributed by atoms with Crippen molar-refractivity contribution in [1.29, 1.82) is 0 Å². The van der Waals surface area contributed by atoms with Gasteiger partial charge < -0.3 is 20.5 Å². The van der Waals surface area contributed by atoms with E-state index in [0.29, 0.717) is 12.3 Å². The van der Waals surface area contributed by atoms with Crippen molar-refractivity contribution >= 4 is 41.3 Å². The predicted molar refractivity (Wildman–Crippen MR) is 115 cm³/mol. The van der Waals surface area contributed by atoms with Crippen LogP contribution in [0.2, 0.25) is 0 Å². The molecule has 0 fully saturated rings. The molecule has 2 aromatic rings. The second-order valence-electron chi connectivity index (χ2n) is 5.26. The predicted octanol–water partition coefficient (Wildman–Crippen LogP) is 3.90. The lowest BCUT2D eigenvalue weighted by molar-refractivity contribution is 0.411. The van der Waals surface area contributed by atoms with Gasteiger partial charge in [-0.1, -0.05) is 6.92 Å². The summed E-state index contributed by atoms with van der Waals surface area (Å²) in [7, 11) is 1.61. The van der Waals surface area contributed by atoms with Crippen LogP contribution in [-0.4, -0.2) is 24.7 Å². The molecule has 0 radical (unpaired) electrons. The number of rotatable bonds is 7. The molecular formula is C18H26IN3O2S. The molecule has 0 saturated carbocycles. The Morgan fingerprint density at radius 2 is 1.92 bits per heavy atom. The highest BCUT2D eigenvalue weighted by atomic mass is 127. The minimum absolute atomic E-state index is 0. The van der Waals surface area contributed by atoms with Gasteiger partial charge in [0.1, 0.15) is 11.5 Å². The van der Waals surface area contributed by atoms with E-state index in [0.717, 1.165) is 31.0 Å². The Balaban J connectivity index is 0.00000312. The summed E-state index contributed by atoms with van der Waals surface area (Å²) in [5.41, 5.74) is 0.732. The first-order valence-corrected chi connectivity index (χ1v) is 8.93. The van der Waals surface area contributed by atoms with Crippen LogP contribution in [0.15, 0.2) is 35.3 Å². The molecular weight excluding hydrogens is 449 g/mol. The van der Waals surface area contributed by atoms with Crippen molar-refractivity contribution in [1.82, 2.24) is 10.6 Å². The van der Waals surface area contributed by atoms with Crippen LogP contribution in [0.5, 0.6) is 11.5 Å². The van der Waals surface area contributed by atoms with Crippen LogP contribution in [0.25, 0.3) is 0 Å². The Labute approximate surface area is 170 Å². The number of nitrogens with zero attached hydrogens (tertiary/aromatic N) is 1. The highest BCUT2D eigenvalue weighted by Crippen LogP contribution is 2.23. The first-order chi connectivity index (χ1) is 11.7. The first kappa shape index (κ1) is 21.6. The quantitative estimate of drug-likeness (QED) is 0.323. The maximum Gasteiger partial charge on any atom is 0.191 e. The van der Waals surface area contributed by atoms with Crippen molar-refractivity contribution in [2.75, 3.05) is 13.7 Å². The van der Waals surface area contributed by atoms with Gasteiger partial charge in [0, 0.05) is 21.9 Å². The molecule has 1 aromatic carbocycles. The van der Waals surface area contributed by atoms with E-state index in [1.54, 1.807) is 25.3 Å². The van der Waals surface area contributed by atoms with E-state index >= 15 is 0 Å². The normalized spacial score (nSPS) is 10.9. The molecule has 0 unspecified atom stereocenters. The van der Waals surface area contributed by atoms with Gasteiger partial charge in [0.15, 0.2) is 5.96 Å². The van der Waals surface area contributed by atoms with Crippen LogP contribution in [0.1, 0.15) is 29.2 Å². The Hall–Kier alpha value is -1.48. The third kappa shape index (κ3) is 6.74. The molecule has 7 heteroatoms. The number of hydrogen-bond donors (Lipinski definition) is 3. The number of phenols is 1. The number of aromatic hydroxyl groups is 1. The Morgan fingerprint density at radius 1 is 1.16 bits per heavy atom. The van der Waals surface area contributed by atoms with E-state index < -0.39 is 0 Å². The molecule has 2 rings (SSSR count). The molecule has 1 heterocycles. The lowest BCUT2D eigenvalue weighted by atomic mass is 10.2. The molecule has 0 aliphatic rings. The zero-order chi connectivity index (χ0) is 17.4. The number of ether oxygens (including phenoxy) is 1. The minimum Gasteiger partial charge on any atom is -0.508 e. The fourth-order valence-electron chi connectivity index (χ4n) is 2.20. The summed E-state index contributed by atoms with van der Waals surface area (Å²) >= 11 is 1.81. The van der Waals surface area contributed by atoms with Crippen molar-refractivity contribution in [2.45, 2.75) is 33.4 Å². The molecule has 0 amide bonds. The average Bonchev–Trinajstić information content (AvgIpc) is 3.06. The minimum atomic E-state index is 0. The van der Waals surface area contributed by atoms with Gasteiger partial charge in [-0.05, 0) is 43.7 Å². The molecule has 138 valence electrons. The van der Waals surface area contributed by atoms with E-state index in [9.17, 15) is 5.11 Å². The van der Waals surface area contributed by atoms with Crippen LogP contribution < -0.4 is 15.4 Å². The number of guanidine groups is 1. The zero-order valence-electron chi connectivity index (χ0n) is 14.8. The first-order valence-electron chi connectivity index (χ1n) is 8.11. The van der Waals surface area contributed by atoms with Crippen molar-refractivity contribution in [3.63, 3.8) is 0 Å². The third-order valence-corrected chi connectivity index (χ3v) is 4.76. The second-order valence-corrected chi connectivity index (χ2v) is 6.52.